The molecule has 0 bridgehead atoms. The van der Waals surface area contributed by atoms with E-state index in [1.807, 2.05) is 43.3 Å². The first-order chi connectivity index (χ1) is 14.2. The molecular weight excluding hydrogens is 366 g/mol. The SMILES string of the molecule is Cc1ccc(-c2noc(CN3CCCC(C(=O)NCc4cccnc4)C3)n2)cc1. The molecule has 1 fully saturated rings. The molecule has 0 saturated carbocycles. The lowest BCUT2D eigenvalue weighted by Gasteiger charge is -2.30. The molecule has 3 heterocycles. The van der Waals surface area contributed by atoms with E-state index in [1.54, 1.807) is 12.4 Å². The third-order valence-electron chi connectivity index (χ3n) is 5.20. The minimum Gasteiger partial charge on any atom is -0.352 e. The molecule has 0 radical (unpaired) electrons. The zero-order chi connectivity index (χ0) is 20.1. The van der Waals surface area contributed by atoms with E-state index in [-0.39, 0.29) is 11.8 Å². The summed E-state index contributed by atoms with van der Waals surface area (Å²) in [4.78, 5) is 23.4. The van der Waals surface area contributed by atoms with E-state index in [1.165, 1.54) is 5.56 Å². The van der Waals surface area contributed by atoms with Gasteiger partial charge in [-0.25, -0.2) is 0 Å². The molecule has 1 aromatic carbocycles. The minimum atomic E-state index is -0.0279. The van der Waals surface area contributed by atoms with Gasteiger partial charge in [-0.2, -0.15) is 4.98 Å². The van der Waals surface area contributed by atoms with Gasteiger partial charge in [-0.15, -0.1) is 0 Å². The number of aromatic nitrogens is 3. The maximum absolute atomic E-state index is 12.6. The summed E-state index contributed by atoms with van der Waals surface area (Å²) in [5.74, 6) is 1.24. The van der Waals surface area contributed by atoms with Gasteiger partial charge in [-0.05, 0) is 37.9 Å². The van der Waals surface area contributed by atoms with Gasteiger partial charge < -0.3 is 9.84 Å². The van der Waals surface area contributed by atoms with E-state index in [4.69, 9.17) is 4.52 Å². The van der Waals surface area contributed by atoms with Crippen LogP contribution in [0, 0.1) is 12.8 Å². The lowest BCUT2D eigenvalue weighted by molar-refractivity contribution is -0.127. The first kappa shape index (κ1) is 19.3. The summed E-state index contributed by atoms with van der Waals surface area (Å²) in [6, 6.07) is 11.9. The molecule has 150 valence electrons. The highest BCUT2D eigenvalue weighted by atomic mass is 16.5. The fourth-order valence-electron chi connectivity index (χ4n) is 3.58. The fraction of sp³-hybridized carbons (Fsp3) is 0.364. The Kier molecular flexibility index (Phi) is 5.95. The maximum atomic E-state index is 12.6. The summed E-state index contributed by atoms with van der Waals surface area (Å²) in [5, 5.41) is 7.13. The van der Waals surface area contributed by atoms with Crippen LogP contribution in [0.25, 0.3) is 11.4 Å². The number of nitrogens with one attached hydrogen (secondary N) is 1. The largest absolute Gasteiger partial charge is 0.352 e. The van der Waals surface area contributed by atoms with Crippen molar-refractivity contribution in [3.05, 3.63) is 65.8 Å². The summed E-state index contributed by atoms with van der Waals surface area (Å²) >= 11 is 0. The Morgan fingerprint density at radius 2 is 2.14 bits per heavy atom. The lowest BCUT2D eigenvalue weighted by atomic mass is 9.97. The molecule has 7 nitrogen and oxygen atoms in total. The summed E-state index contributed by atoms with van der Waals surface area (Å²) in [6.07, 6.45) is 5.37. The predicted octanol–water partition coefficient (Wildman–Crippen LogP) is 2.97. The van der Waals surface area contributed by atoms with Crippen LogP contribution in [0.5, 0.6) is 0 Å². The molecule has 7 heteroatoms. The second-order valence-corrected chi connectivity index (χ2v) is 7.53. The predicted molar refractivity (Wildman–Crippen MR) is 109 cm³/mol. The van der Waals surface area contributed by atoms with E-state index >= 15 is 0 Å². The topological polar surface area (TPSA) is 84.2 Å². The van der Waals surface area contributed by atoms with Crippen LogP contribution >= 0.6 is 0 Å². The second-order valence-electron chi connectivity index (χ2n) is 7.53. The average Bonchev–Trinajstić information content (AvgIpc) is 3.22. The van der Waals surface area contributed by atoms with Crippen molar-refractivity contribution in [1.29, 1.82) is 0 Å². The van der Waals surface area contributed by atoms with E-state index in [2.05, 4.69) is 25.3 Å². The van der Waals surface area contributed by atoms with Gasteiger partial charge in [-0.3, -0.25) is 14.7 Å². The number of rotatable bonds is 6. The number of hydrogen-bond donors (Lipinski definition) is 1. The van der Waals surface area contributed by atoms with Crippen LogP contribution in [0.4, 0.5) is 0 Å². The van der Waals surface area contributed by atoms with Crippen molar-refractivity contribution in [3.63, 3.8) is 0 Å². The summed E-state index contributed by atoms with van der Waals surface area (Å²) in [7, 11) is 0. The average molecular weight is 391 g/mol. The normalized spacial score (nSPS) is 17.2. The number of aryl methyl sites for hydroxylation is 1. The van der Waals surface area contributed by atoms with Crippen LogP contribution in [0.1, 0.15) is 29.9 Å². The van der Waals surface area contributed by atoms with Crippen molar-refractivity contribution < 1.29 is 9.32 Å². The van der Waals surface area contributed by atoms with Gasteiger partial charge in [0.15, 0.2) is 0 Å². The molecule has 1 aliphatic heterocycles. The zero-order valence-electron chi connectivity index (χ0n) is 16.5. The van der Waals surface area contributed by atoms with Crippen LogP contribution in [0.2, 0.25) is 0 Å². The number of nitrogens with zero attached hydrogens (tertiary/aromatic N) is 4. The summed E-state index contributed by atoms with van der Waals surface area (Å²) in [6.45, 7) is 4.73. The number of carbonyl (C=O) groups is 1. The molecule has 2 aromatic heterocycles. The number of pyridine rings is 1. The van der Waals surface area contributed by atoms with Crippen LogP contribution in [-0.2, 0) is 17.9 Å². The maximum Gasteiger partial charge on any atom is 0.241 e. The smallest absolute Gasteiger partial charge is 0.241 e. The van der Waals surface area contributed by atoms with E-state index in [9.17, 15) is 4.79 Å². The second kappa shape index (κ2) is 8.96. The number of likely N-dealkylation sites (tertiary alicyclic amines) is 1. The Labute approximate surface area is 170 Å². The highest BCUT2D eigenvalue weighted by Crippen LogP contribution is 2.21. The lowest BCUT2D eigenvalue weighted by Crippen LogP contribution is -2.42. The quantitative estimate of drug-likeness (QED) is 0.695. The number of carbonyl (C=O) groups excluding carboxylic acids is 1. The molecule has 1 atom stereocenters. The highest BCUT2D eigenvalue weighted by molar-refractivity contribution is 5.78. The van der Waals surface area contributed by atoms with Crippen LogP contribution < -0.4 is 5.32 Å². The summed E-state index contributed by atoms with van der Waals surface area (Å²) in [5.41, 5.74) is 3.14. The molecule has 1 N–H and O–H groups in total. The number of amides is 1. The number of piperidine rings is 1. The van der Waals surface area contributed by atoms with E-state index in [0.29, 0.717) is 31.3 Å². The highest BCUT2D eigenvalue weighted by Gasteiger charge is 2.26. The Morgan fingerprint density at radius 1 is 1.28 bits per heavy atom. The van der Waals surface area contributed by atoms with Gasteiger partial charge in [0.2, 0.25) is 17.6 Å². The van der Waals surface area contributed by atoms with Crippen molar-refractivity contribution in [2.75, 3.05) is 13.1 Å². The number of hydrogen-bond acceptors (Lipinski definition) is 6. The first-order valence-corrected chi connectivity index (χ1v) is 9.96. The first-order valence-electron chi connectivity index (χ1n) is 9.96. The number of benzene rings is 1. The standard InChI is InChI=1S/C22H25N5O2/c1-16-6-8-18(9-7-16)21-25-20(29-26-21)15-27-11-3-5-19(14-27)22(28)24-13-17-4-2-10-23-12-17/h2,4,6-10,12,19H,3,5,11,13-15H2,1H3,(H,24,28). The van der Waals surface area contributed by atoms with Gasteiger partial charge in [-0.1, -0.05) is 41.1 Å². The molecule has 1 amide bonds. The third kappa shape index (κ3) is 5.06. The third-order valence-corrected chi connectivity index (χ3v) is 5.20. The van der Waals surface area contributed by atoms with Crippen molar-refractivity contribution in [3.8, 4) is 11.4 Å². The van der Waals surface area contributed by atoms with Crippen LogP contribution in [0.15, 0.2) is 53.3 Å². The minimum absolute atomic E-state index is 0.0279. The molecule has 0 aliphatic carbocycles. The Balaban J connectivity index is 1.32. The molecule has 1 unspecified atom stereocenters. The van der Waals surface area contributed by atoms with Crippen molar-refractivity contribution in [2.45, 2.75) is 32.9 Å². The molecule has 1 aliphatic rings. The van der Waals surface area contributed by atoms with Gasteiger partial charge in [0.1, 0.15) is 0 Å². The van der Waals surface area contributed by atoms with Crippen molar-refractivity contribution >= 4 is 5.91 Å². The zero-order valence-corrected chi connectivity index (χ0v) is 16.5. The van der Waals surface area contributed by atoms with Gasteiger partial charge in [0.05, 0.1) is 12.5 Å². The molecule has 3 aromatic rings. The monoisotopic (exact) mass is 391 g/mol. The van der Waals surface area contributed by atoms with Gasteiger partial charge in [0, 0.05) is 31.0 Å². The van der Waals surface area contributed by atoms with Crippen molar-refractivity contribution in [1.82, 2.24) is 25.3 Å². The van der Waals surface area contributed by atoms with E-state index in [0.717, 1.165) is 30.5 Å². The Bertz CT molecular complexity index is 939. The van der Waals surface area contributed by atoms with Gasteiger partial charge in [0.25, 0.3) is 0 Å². The molecule has 1 saturated heterocycles. The van der Waals surface area contributed by atoms with Crippen LogP contribution in [0.3, 0.4) is 0 Å². The van der Waals surface area contributed by atoms with Crippen molar-refractivity contribution in [2.24, 2.45) is 5.92 Å². The van der Waals surface area contributed by atoms with Crippen LogP contribution in [-0.4, -0.2) is 39.0 Å². The molecule has 29 heavy (non-hydrogen) atoms. The molecule has 4 rings (SSSR count). The summed E-state index contributed by atoms with van der Waals surface area (Å²) < 4.78 is 5.44. The fourth-order valence-corrected chi connectivity index (χ4v) is 3.58. The Hall–Kier alpha value is -3.06. The van der Waals surface area contributed by atoms with Gasteiger partial charge >= 0.3 is 0 Å². The molecular formula is C22H25N5O2. The molecule has 0 spiro atoms. The van der Waals surface area contributed by atoms with E-state index < -0.39 is 0 Å². The Morgan fingerprint density at radius 3 is 2.93 bits per heavy atom.